The van der Waals surface area contributed by atoms with Crippen LogP contribution in [0.25, 0.3) is 11.0 Å². The first-order chi connectivity index (χ1) is 18.1. The lowest BCUT2D eigenvalue weighted by Gasteiger charge is -2.48. The zero-order valence-corrected chi connectivity index (χ0v) is 21.7. The highest BCUT2D eigenvalue weighted by Gasteiger charge is 2.47. The molecule has 3 heterocycles. The third kappa shape index (κ3) is 4.47. The summed E-state index contributed by atoms with van der Waals surface area (Å²) in [5.41, 5.74) is 0.399. The van der Waals surface area contributed by atoms with Gasteiger partial charge in [-0.2, -0.15) is 0 Å². The molecule has 2 aliphatic carbocycles. The lowest BCUT2D eigenvalue weighted by Crippen LogP contribution is -2.52. The highest BCUT2D eigenvalue weighted by Crippen LogP contribution is 2.47. The van der Waals surface area contributed by atoms with Gasteiger partial charge in [0.1, 0.15) is 0 Å². The van der Waals surface area contributed by atoms with Crippen LogP contribution in [0.15, 0.2) is 34.2 Å². The Hall–Kier alpha value is -2.74. The van der Waals surface area contributed by atoms with Crippen LogP contribution in [-0.4, -0.2) is 56.1 Å². The van der Waals surface area contributed by atoms with E-state index in [1.807, 2.05) is 28.8 Å². The van der Waals surface area contributed by atoms with Gasteiger partial charge in [0, 0.05) is 24.2 Å². The Labute approximate surface area is 217 Å². The number of carbonyl (C=O) groups excluding carboxylic acids is 1. The van der Waals surface area contributed by atoms with E-state index < -0.39 is 11.7 Å². The number of aromatic nitrogens is 2. The second-order valence-corrected chi connectivity index (χ2v) is 11.6. The maximum Gasteiger partial charge on any atom is 0.362 e. The summed E-state index contributed by atoms with van der Waals surface area (Å²) in [6.45, 7) is 1.79. The molecule has 8 heteroatoms. The highest BCUT2D eigenvalue weighted by atomic mass is 16.5. The second kappa shape index (κ2) is 10.2. The molecule has 2 aromatic rings. The molecular weight excluding hydrogens is 468 g/mol. The maximum atomic E-state index is 13.9. The SMILES string of the molecule is CCOC(=O)C(=NO)c1nc2ccccc2n(C2C[C@H]3CC[C@@H](C2)N3C2CC3CCCCC(C3)C2)c1=O. The molecule has 0 radical (unpaired) electrons. The Morgan fingerprint density at radius 2 is 1.65 bits per heavy atom. The average Bonchev–Trinajstić information content (AvgIpc) is 3.05. The molecule has 5 atom stereocenters. The average molecular weight is 507 g/mol. The molecule has 198 valence electrons. The first-order valence-corrected chi connectivity index (χ1v) is 14.3. The molecule has 4 bridgehead atoms. The number of benzene rings is 1. The minimum atomic E-state index is -0.843. The van der Waals surface area contributed by atoms with Crippen LogP contribution in [0.3, 0.4) is 0 Å². The van der Waals surface area contributed by atoms with Crippen molar-refractivity contribution in [3.63, 3.8) is 0 Å². The number of oxime groups is 1. The molecule has 0 spiro atoms. The van der Waals surface area contributed by atoms with Crippen LogP contribution in [0.4, 0.5) is 0 Å². The van der Waals surface area contributed by atoms with Gasteiger partial charge in [-0.1, -0.05) is 43.0 Å². The smallest absolute Gasteiger partial charge is 0.362 e. The predicted molar refractivity (Wildman–Crippen MR) is 141 cm³/mol. The van der Waals surface area contributed by atoms with Gasteiger partial charge in [0.05, 0.1) is 17.6 Å². The number of hydrogen-bond acceptors (Lipinski definition) is 7. The van der Waals surface area contributed by atoms with Crippen LogP contribution in [-0.2, 0) is 9.53 Å². The quantitative estimate of drug-likeness (QED) is 0.274. The number of hydrogen-bond donors (Lipinski definition) is 1. The number of fused-ring (bicyclic) bond motifs is 5. The van der Waals surface area contributed by atoms with E-state index in [2.05, 4.69) is 15.0 Å². The maximum absolute atomic E-state index is 13.9. The first kappa shape index (κ1) is 24.6. The van der Waals surface area contributed by atoms with Crippen molar-refractivity contribution in [3.8, 4) is 0 Å². The van der Waals surface area contributed by atoms with Crippen LogP contribution in [0.2, 0.25) is 0 Å². The molecule has 1 aromatic carbocycles. The van der Waals surface area contributed by atoms with Gasteiger partial charge < -0.3 is 14.5 Å². The summed E-state index contributed by atoms with van der Waals surface area (Å²) in [6.07, 6.45) is 13.9. The van der Waals surface area contributed by atoms with Gasteiger partial charge >= 0.3 is 5.97 Å². The summed E-state index contributed by atoms with van der Waals surface area (Å²) < 4.78 is 6.87. The number of nitrogens with zero attached hydrogens (tertiary/aromatic N) is 4. The van der Waals surface area contributed by atoms with E-state index in [4.69, 9.17) is 4.74 Å². The molecule has 3 unspecified atom stereocenters. The predicted octanol–water partition coefficient (Wildman–Crippen LogP) is 4.66. The largest absolute Gasteiger partial charge is 0.461 e. The van der Waals surface area contributed by atoms with Gasteiger partial charge in [0.2, 0.25) is 5.71 Å². The van der Waals surface area contributed by atoms with Gasteiger partial charge in [0.15, 0.2) is 5.69 Å². The fourth-order valence-corrected chi connectivity index (χ4v) is 8.16. The van der Waals surface area contributed by atoms with Crippen LogP contribution < -0.4 is 5.56 Å². The van der Waals surface area contributed by atoms with Crippen molar-refractivity contribution in [2.45, 2.75) is 102 Å². The van der Waals surface area contributed by atoms with Crippen LogP contribution in [0, 0.1) is 11.8 Å². The van der Waals surface area contributed by atoms with Crippen molar-refractivity contribution < 1.29 is 14.7 Å². The molecule has 8 nitrogen and oxygen atoms in total. The fourth-order valence-electron chi connectivity index (χ4n) is 8.16. The number of carbonyl (C=O) groups is 1. The third-order valence-corrected chi connectivity index (χ3v) is 9.49. The Morgan fingerprint density at radius 1 is 0.973 bits per heavy atom. The van der Waals surface area contributed by atoms with Crippen molar-refractivity contribution in [3.05, 3.63) is 40.3 Å². The topological polar surface area (TPSA) is 97.0 Å². The molecule has 2 saturated carbocycles. The first-order valence-electron chi connectivity index (χ1n) is 14.3. The van der Waals surface area contributed by atoms with Crippen LogP contribution in [0.1, 0.15) is 89.3 Å². The Morgan fingerprint density at radius 3 is 2.30 bits per heavy atom. The minimum Gasteiger partial charge on any atom is -0.461 e. The third-order valence-electron chi connectivity index (χ3n) is 9.49. The van der Waals surface area contributed by atoms with Crippen molar-refractivity contribution in [2.24, 2.45) is 17.0 Å². The van der Waals surface area contributed by atoms with E-state index in [9.17, 15) is 14.8 Å². The van der Waals surface area contributed by atoms with E-state index in [1.165, 1.54) is 57.8 Å². The molecule has 4 aliphatic rings. The minimum absolute atomic E-state index is 0.0147. The number of piperidine rings is 1. The highest BCUT2D eigenvalue weighted by molar-refractivity contribution is 6.42. The molecule has 0 amide bonds. The summed E-state index contributed by atoms with van der Waals surface area (Å²) in [5.74, 6) is 0.929. The van der Waals surface area contributed by atoms with Crippen molar-refractivity contribution in [1.82, 2.24) is 14.5 Å². The summed E-state index contributed by atoms with van der Waals surface area (Å²) in [4.78, 5) is 33.7. The molecule has 1 N–H and O–H groups in total. The van der Waals surface area contributed by atoms with Crippen molar-refractivity contribution in [1.29, 1.82) is 0 Å². The lowest BCUT2D eigenvalue weighted by atomic mass is 9.76. The molecule has 37 heavy (non-hydrogen) atoms. The fraction of sp³-hybridized carbons (Fsp3) is 0.655. The normalized spacial score (nSPS) is 32.3. The van der Waals surface area contributed by atoms with Gasteiger partial charge in [-0.3, -0.25) is 9.69 Å². The van der Waals surface area contributed by atoms with Gasteiger partial charge in [-0.25, -0.2) is 9.78 Å². The zero-order chi connectivity index (χ0) is 25.5. The van der Waals surface area contributed by atoms with Crippen LogP contribution >= 0.6 is 0 Å². The Kier molecular flexibility index (Phi) is 6.78. The summed E-state index contributed by atoms with van der Waals surface area (Å²) >= 11 is 0. The summed E-state index contributed by atoms with van der Waals surface area (Å²) in [7, 11) is 0. The van der Waals surface area contributed by atoms with E-state index in [0.717, 1.165) is 30.2 Å². The van der Waals surface area contributed by atoms with E-state index in [0.29, 0.717) is 23.6 Å². The monoisotopic (exact) mass is 506 g/mol. The summed E-state index contributed by atoms with van der Waals surface area (Å²) in [6, 6.07) is 9.19. The lowest BCUT2D eigenvalue weighted by molar-refractivity contribution is -0.135. The van der Waals surface area contributed by atoms with E-state index in [1.54, 1.807) is 6.92 Å². The molecule has 2 aliphatic heterocycles. The number of para-hydroxylation sites is 2. The molecular formula is C29H38N4O4. The number of ether oxygens (including phenoxy) is 1. The molecule has 2 saturated heterocycles. The Bertz CT molecular complexity index is 1230. The van der Waals surface area contributed by atoms with Gasteiger partial charge in [0.25, 0.3) is 5.56 Å². The van der Waals surface area contributed by atoms with E-state index >= 15 is 0 Å². The molecule has 4 fully saturated rings. The zero-order valence-electron chi connectivity index (χ0n) is 21.7. The van der Waals surface area contributed by atoms with Gasteiger partial charge in [-0.05, 0) is 75.8 Å². The Balaban J connectivity index is 1.33. The van der Waals surface area contributed by atoms with Crippen molar-refractivity contribution in [2.75, 3.05) is 6.61 Å². The second-order valence-electron chi connectivity index (χ2n) is 11.6. The summed E-state index contributed by atoms with van der Waals surface area (Å²) in [5, 5.41) is 12.8. The van der Waals surface area contributed by atoms with Crippen molar-refractivity contribution >= 4 is 22.7 Å². The number of rotatable bonds is 5. The number of esters is 1. The van der Waals surface area contributed by atoms with Gasteiger partial charge in [-0.15, -0.1) is 0 Å². The molecule has 6 rings (SSSR count). The van der Waals surface area contributed by atoms with Crippen LogP contribution in [0.5, 0.6) is 0 Å². The molecule has 1 aromatic heterocycles. The standard InChI is InChI=1S/C29H38N4O4/c1-2-37-29(35)27(31-36)26-28(34)33(25-10-6-5-9-24(25)30-26)23-16-20-11-12-21(17-23)32(20)22-14-18-7-3-4-8-19(13-18)15-22/h5-6,9-10,18-23,36H,2-4,7-8,11-17H2,1H3/t18?,19?,20-,21+,22?,23?. The van der Waals surface area contributed by atoms with E-state index in [-0.39, 0.29) is 23.9 Å².